The zero-order chi connectivity index (χ0) is 18.9. The first kappa shape index (κ1) is 17.6. The number of piperidine rings is 1. The monoisotopic (exact) mass is 376 g/mol. The van der Waals surface area contributed by atoms with Crippen LogP contribution in [0, 0.1) is 12.8 Å². The quantitative estimate of drug-likeness (QED) is 0.744. The Balaban J connectivity index is 1.27. The molecule has 2 aromatic heterocycles. The molecule has 0 unspecified atom stereocenters. The normalized spacial score (nSPS) is 23.2. The third-order valence-corrected chi connectivity index (χ3v) is 6.25. The van der Waals surface area contributed by atoms with Gasteiger partial charge in [0.2, 0.25) is 0 Å². The molecule has 0 amide bonds. The largest absolute Gasteiger partial charge is 0.348 e. The van der Waals surface area contributed by atoms with Crippen LogP contribution < -0.4 is 0 Å². The average Bonchev–Trinajstić information content (AvgIpc) is 3.24. The lowest BCUT2D eigenvalue weighted by molar-refractivity contribution is 0.123. The number of nitrogens with one attached hydrogen (secondary N) is 1. The van der Waals surface area contributed by atoms with Crippen LogP contribution in [0.3, 0.4) is 0 Å². The van der Waals surface area contributed by atoms with E-state index in [-0.39, 0.29) is 0 Å². The molecule has 146 valence electrons. The van der Waals surface area contributed by atoms with Gasteiger partial charge in [0.25, 0.3) is 0 Å². The topological polar surface area (TPSA) is 53.0 Å². The van der Waals surface area contributed by atoms with Crippen LogP contribution in [0.1, 0.15) is 29.8 Å². The summed E-state index contributed by atoms with van der Waals surface area (Å²) in [5, 5.41) is 4.58. The van der Waals surface area contributed by atoms with E-state index in [1.807, 2.05) is 23.3 Å². The van der Waals surface area contributed by atoms with Crippen LogP contribution in [0.2, 0.25) is 0 Å². The lowest BCUT2D eigenvalue weighted by atomic mass is 9.95. The van der Waals surface area contributed by atoms with Gasteiger partial charge in [-0.3, -0.25) is 9.80 Å². The van der Waals surface area contributed by atoms with Gasteiger partial charge >= 0.3 is 0 Å². The van der Waals surface area contributed by atoms with E-state index in [1.54, 1.807) is 0 Å². The summed E-state index contributed by atoms with van der Waals surface area (Å²) < 4.78 is 1.98. The number of benzene rings is 1. The molecular formula is C22H28N6. The van der Waals surface area contributed by atoms with Crippen molar-refractivity contribution in [2.24, 2.45) is 5.92 Å². The highest BCUT2D eigenvalue weighted by atomic mass is 15.3. The minimum Gasteiger partial charge on any atom is -0.348 e. The molecule has 5 heterocycles. The van der Waals surface area contributed by atoms with E-state index in [2.05, 4.69) is 62.3 Å². The first-order valence-corrected chi connectivity index (χ1v) is 10.3. The van der Waals surface area contributed by atoms with Gasteiger partial charge in [-0.05, 0) is 37.8 Å². The second-order valence-corrected chi connectivity index (χ2v) is 8.32. The van der Waals surface area contributed by atoms with Crippen LogP contribution in [0.25, 0.3) is 5.69 Å². The second-order valence-electron chi connectivity index (χ2n) is 8.32. The van der Waals surface area contributed by atoms with Crippen molar-refractivity contribution in [2.75, 3.05) is 19.6 Å². The lowest BCUT2D eigenvalue weighted by Crippen LogP contribution is -2.43. The van der Waals surface area contributed by atoms with Crippen molar-refractivity contribution in [2.45, 2.75) is 38.9 Å². The van der Waals surface area contributed by atoms with Gasteiger partial charge in [-0.15, -0.1) is 0 Å². The van der Waals surface area contributed by atoms with Crippen molar-refractivity contribution in [1.29, 1.82) is 0 Å². The average molecular weight is 377 g/mol. The van der Waals surface area contributed by atoms with Gasteiger partial charge in [0.05, 0.1) is 23.9 Å². The second kappa shape index (κ2) is 7.53. The van der Waals surface area contributed by atoms with Crippen molar-refractivity contribution < 1.29 is 0 Å². The fourth-order valence-corrected chi connectivity index (χ4v) is 4.76. The molecule has 3 aromatic rings. The third kappa shape index (κ3) is 3.62. The van der Waals surface area contributed by atoms with Gasteiger partial charge in [0.15, 0.2) is 0 Å². The molecule has 6 rings (SSSR count). The predicted octanol–water partition coefficient (Wildman–Crippen LogP) is 3.00. The fourth-order valence-electron chi connectivity index (χ4n) is 4.76. The number of rotatable bonds is 5. The number of hydrogen-bond acceptors (Lipinski definition) is 4. The summed E-state index contributed by atoms with van der Waals surface area (Å²) in [4.78, 5) is 13.0. The molecule has 0 spiro atoms. The van der Waals surface area contributed by atoms with E-state index in [0.29, 0.717) is 6.04 Å². The number of para-hydroxylation sites is 1. The molecule has 3 fully saturated rings. The van der Waals surface area contributed by atoms with Gasteiger partial charge in [0, 0.05) is 56.2 Å². The van der Waals surface area contributed by atoms with Crippen molar-refractivity contribution >= 4 is 0 Å². The Kier molecular flexibility index (Phi) is 4.74. The number of imidazole rings is 1. The molecule has 1 aromatic carbocycles. The van der Waals surface area contributed by atoms with Crippen LogP contribution >= 0.6 is 0 Å². The molecule has 3 aliphatic rings. The van der Waals surface area contributed by atoms with Crippen molar-refractivity contribution in [3.63, 3.8) is 0 Å². The molecule has 28 heavy (non-hydrogen) atoms. The maximum atomic E-state index is 4.58. The Morgan fingerprint density at radius 2 is 1.96 bits per heavy atom. The Hall–Kier alpha value is -2.44. The Labute approximate surface area is 166 Å². The van der Waals surface area contributed by atoms with Gasteiger partial charge in [-0.1, -0.05) is 18.2 Å². The Bertz CT molecular complexity index is 914. The Morgan fingerprint density at radius 3 is 2.79 bits per heavy atom. The maximum absolute atomic E-state index is 4.58. The zero-order valence-corrected chi connectivity index (χ0v) is 16.5. The number of aromatic nitrogens is 4. The van der Waals surface area contributed by atoms with E-state index in [9.17, 15) is 0 Å². The summed E-state index contributed by atoms with van der Waals surface area (Å²) in [6, 6.07) is 11.0. The summed E-state index contributed by atoms with van der Waals surface area (Å²) in [5.74, 6) is 0.752. The van der Waals surface area contributed by atoms with Gasteiger partial charge in [-0.2, -0.15) is 5.10 Å². The summed E-state index contributed by atoms with van der Waals surface area (Å²) in [5.41, 5.74) is 4.80. The SMILES string of the molecule is Cc1[nH]cnc1CN1C[C@H]2CC[C@@H](C1)N(Cc1cnn(-c3ccccc3)c1)C2. The smallest absolute Gasteiger partial charge is 0.0925 e. The van der Waals surface area contributed by atoms with Crippen molar-refractivity contribution in [3.8, 4) is 5.69 Å². The molecule has 6 nitrogen and oxygen atoms in total. The number of aromatic amines is 1. The van der Waals surface area contributed by atoms with Gasteiger partial charge < -0.3 is 4.98 Å². The van der Waals surface area contributed by atoms with Gasteiger partial charge in [-0.25, -0.2) is 9.67 Å². The molecule has 6 heteroatoms. The van der Waals surface area contributed by atoms with E-state index < -0.39 is 0 Å². The summed E-state index contributed by atoms with van der Waals surface area (Å²) in [7, 11) is 0. The van der Waals surface area contributed by atoms with Crippen LogP contribution in [0.4, 0.5) is 0 Å². The molecule has 1 N–H and O–H groups in total. The molecule has 0 aliphatic carbocycles. The van der Waals surface area contributed by atoms with E-state index >= 15 is 0 Å². The zero-order valence-electron chi connectivity index (χ0n) is 16.5. The lowest BCUT2D eigenvalue weighted by Gasteiger charge is -2.35. The van der Waals surface area contributed by atoms with Crippen molar-refractivity contribution in [1.82, 2.24) is 29.5 Å². The van der Waals surface area contributed by atoms with E-state index in [4.69, 9.17) is 0 Å². The number of aryl methyl sites for hydroxylation is 1. The molecular weight excluding hydrogens is 348 g/mol. The molecule has 3 saturated heterocycles. The summed E-state index contributed by atoms with van der Waals surface area (Å²) >= 11 is 0. The molecule has 2 atom stereocenters. The number of H-pyrrole nitrogens is 1. The highest BCUT2D eigenvalue weighted by molar-refractivity contribution is 5.30. The van der Waals surface area contributed by atoms with Gasteiger partial charge in [0.1, 0.15) is 0 Å². The number of hydrogen-bond donors (Lipinski definition) is 1. The van der Waals surface area contributed by atoms with Crippen LogP contribution in [-0.4, -0.2) is 55.2 Å². The first-order valence-electron chi connectivity index (χ1n) is 10.3. The molecule has 2 bridgehead atoms. The number of nitrogens with zero attached hydrogens (tertiary/aromatic N) is 5. The van der Waals surface area contributed by atoms with Crippen LogP contribution in [0.5, 0.6) is 0 Å². The molecule has 0 radical (unpaired) electrons. The molecule has 3 aliphatic heterocycles. The first-order chi connectivity index (χ1) is 13.7. The van der Waals surface area contributed by atoms with Crippen LogP contribution in [0.15, 0.2) is 49.1 Å². The maximum Gasteiger partial charge on any atom is 0.0925 e. The highest BCUT2D eigenvalue weighted by Gasteiger charge is 2.35. The highest BCUT2D eigenvalue weighted by Crippen LogP contribution is 2.30. The fraction of sp³-hybridized carbons (Fsp3) is 0.455. The number of fused-ring (bicyclic) bond motifs is 4. The van der Waals surface area contributed by atoms with E-state index in [1.165, 1.54) is 42.9 Å². The van der Waals surface area contributed by atoms with Crippen LogP contribution in [-0.2, 0) is 13.1 Å². The molecule has 0 saturated carbocycles. The summed E-state index contributed by atoms with van der Waals surface area (Å²) in [6.45, 7) is 7.58. The minimum atomic E-state index is 0.623. The minimum absolute atomic E-state index is 0.623. The third-order valence-electron chi connectivity index (χ3n) is 6.25. The predicted molar refractivity (Wildman–Crippen MR) is 109 cm³/mol. The van der Waals surface area contributed by atoms with Crippen molar-refractivity contribution in [3.05, 3.63) is 66.0 Å². The van der Waals surface area contributed by atoms with E-state index in [0.717, 1.165) is 31.2 Å². The standard InChI is InChI=1S/C22H28N6/c1-17-22(24-16-23-17)15-26-10-18-7-8-21(14-26)27(11-18)12-19-9-25-28(13-19)20-5-3-2-4-6-20/h2-6,9,13,16,18,21H,7-8,10-12,14-15H2,1H3,(H,23,24)/t18-,21+/m1/s1. The summed E-state index contributed by atoms with van der Waals surface area (Å²) in [6.07, 6.45) is 8.66. The Morgan fingerprint density at radius 1 is 1.07 bits per heavy atom.